The first-order valence-corrected chi connectivity index (χ1v) is 9.59. The lowest BCUT2D eigenvalue weighted by molar-refractivity contribution is -0.384. The average Bonchev–Trinajstić information content (AvgIpc) is 3.08. The number of nitro benzene ring substituents is 1. The number of nitrogens with zero attached hydrogens (tertiary/aromatic N) is 2. The van der Waals surface area contributed by atoms with Gasteiger partial charge in [-0.2, -0.15) is 0 Å². The minimum absolute atomic E-state index is 0.0977. The molecular weight excluding hydrogens is 350 g/mol. The van der Waals surface area contributed by atoms with E-state index in [9.17, 15) is 10.1 Å². The Kier molecular flexibility index (Phi) is 9.37. The third-order valence-corrected chi connectivity index (χ3v) is 3.88. The fourth-order valence-corrected chi connectivity index (χ4v) is 2.34. The predicted molar refractivity (Wildman–Crippen MR) is 118 cm³/mol. The van der Waals surface area contributed by atoms with Crippen LogP contribution in [0.4, 0.5) is 5.69 Å². The largest absolute Gasteiger partial charge is 0.342 e. The summed E-state index contributed by atoms with van der Waals surface area (Å²) in [7, 11) is 0. The number of nitro groups is 1. The van der Waals surface area contributed by atoms with Crippen molar-refractivity contribution in [1.29, 1.82) is 0 Å². The molecule has 148 valence electrons. The van der Waals surface area contributed by atoms with Crippen LogP contribution >= 0.6 is 0 Å². The van der Waals surface area contributed by atoms with Crippen molar-refractivity contribution in [2.75, 3.05) is 0 Å². The van der Waals surface area contributed by atoms with E-state index in [1.165, 1.54) is 12.1 Å². The Morgan fingerprint density at radius 3 is 1.71 bits per heavy atom. The molecule has 0 spiro atoms. The second-order valence-corrected chi connectivity index (χ2v) is 5.60. The van der Waals surface area contributed by atoms with Crippen LogP contribution in [0.25, 0.3) is 23.5 Å². The number of hydrogen-bond donors (Lipinski definition) is 1. The molecule has 0 amide bonds. The van der Waals surface area contributed by atoms with E-state index in [-0.39, 0.29) is 5.69 Å². The summed E-state index contributed by atoms with van der Waals surface area (Å²) >= 11 is 0. The molecule has 1 N–H and O–H groups in total. The molecule has 1 heterocycles. The zero-order valence-corrected chi connectivity index (χ0v) is 17.5. The Labute approximate surface area is 167 Å². The Bertz CT molecular complexity index is 873. The van der Waals surface area contributed by atoms with E-state index in [4.69, 9.17) is 0 Å². The zero-order valence-electron chi connectivity index (χ0n) is 17.5. The number of aromatic amines is 1. The van der Waals surface area contributed by atoms with Gasteiger partial charge in [-0.25, -0.2) is 4.98 Å². The predicted octanol–water partition coefficient (Wildman–Crippen LogP) is 6.82. The molecule has 0 aliphatic rings. The van der Waals surface area contributed by atoms with Gasteiger partial charge in [0.25, 0.3) is 5.69 Å². The number of aromatic nitrogens is 2. The van der Waals surface area contributed by atoms with E-state index < -0.39 is 4.92 Å². The van der Waals surface area contributed by atoms with Gasteiger partial charge >= 0.3 is 0 Å². The maximum Gasteiger partial charge on any atom is 0.269 e. The lowest BCUT2D eigenvalue weighted by Gasteiger charge is -1.99. The first kappa shape index (κ1) is 22.8. The summed E-state index contributed by atoms with van der Waals surface area (Å²) in [6.45, 7) is 12.0. The van der Waals surface area contributed by atoms with Crippen molar-refractivity contribution in [1.82, 2.24) is 9.97 Å². The lowest BCUT2D eigenvalue weighted by Crippen LogP contribution is -1.86. The highest BCUT2D eigenvalue weighted by molar-refractivity contribution is 5.71. The number of imidazole rings is 1. The van der Waals surface area contributed by atoms with Crippen molar-refractivity contribution in [3.8, 4) is 11.4 Å². The van der Waals surface area contributed by atoms with Crippen LogP contribution in [0.2, 0.25) is 0 Å². The molecule has 3 rings (SSSR count). The van der Waals surface area contributed by atoms with Crippen LogP contribution in [-0.2, 0) is 0 Å². The van der Waals surface area contributed by atoms with Crippen molar-refractivity contribution < 1.29 is 4.92 Å². The SMILES string of the molecule is CC.CC.Cc1nc(-c2ccc(/C=C/c3ccc([N+](=O)[O-])cc3)cc2)[nH]c1C. The van der Waals surface area contributed by atoms with Crippen LogP contribution in [-0.4, -0.2) is 14.9 Å². The van der Waals surface area contributed by atoms with Crippen LogP contribution in [0, 0.1) is 24.0 Å². The highest BCUT2D eigenvalue weighted by atomic mass is 16.6. The van der Waals surface area contributed by atoms with Gasteiger partial charge in [-0.15, -0.1) is 0 Å². The van der Waals surface area contributed by atoms with Crippen LogP contribution in [0.5, 0.6) is 0 Å². The summed E-state index contributed by atoms with van der Waals surface area (Å²) in [5.41, 5.74) is 5.19. The van der Waals surface area contributed by atoms with Gasteiger partial charge in [-0.3, -0.25) is 10.1 Å². The highest BCUT2D eigenvalue weighted by Crippen LogP contribution is 2.19. The maximum absolute atomic E-state index is 10.6. The lowest BCUT2D eigenvalue weighted by atomic mass is 10.1. The molecule has 0 radical (unpaired) electrons. The molecule has 0 aliphatic heterocycles. The molecule has 0 bridgehead atoms. The molecule has 0 fully saturated rings. The summed E-state index contributed by atoms with van der Waals surface area (Å²) in [6.07, 6.45) is 3.91. The van der Waals surface area contributed by atoms with Crippen molar-refractivity contribution in [2.45, 2.75) is 41.5 Å². The van der Waals surface area contributed by atoms with Crippen molar-refractivity contribution >= 4 is 17.8 Å². The number of rotatable bonds is 4. The number of aryl methyl sites for hydroxylation is 2. The number of hydrogen-bond acceptors (Lipinski definition) is 3. The van der Waals surface area contributed by atoms with E-state index in [2.05, 4.69) is 9.97 Å². The van der Waals surface area contributed by atoms with Crippen LogP contribution in [0.1, 0.15) is 50.2 Å². The van der Waals surface area contributed by atoms with Crippen LogP contribution in [0.15, 0.2) is 48.5 Å². The number of benzene rings is 2. The van der Waals surface area contributed by atoms with Crippen LogP contribution in [0.3, 0.4) is 0 Å². The van der Waals surface area contributed by atoms with Crippen molar-refractivity contribution in [3.63, 3.8) is 0 Å². The Morgan fingerprint density at radius 1 is 0.857 bits per heavy atom. The topological polar surface area (TPSA) is 71.8 Å². The standard InChI is InChI=1S/C19H17N3O2.2C2H6/c1-13-14(2)21-19(20-13)17-9-5-15(6-10-17)3-4-16-7-11-18(12-8-16)22(23)24;2*1-2/h3-12H,1-2H3,(H,20,21);2*1-2H3/b4-3+;;. The van der Waals surface area contributed by atoms with Crippen molar-refractivity contribution in [2.24, 2.45) is 0 Å². The molecular formula is C23H29N3O2. The van der Waals surface area contributed by atoms with Gasteiger partial charge in [0.05, 0.1) is 10.6 Å². The third-order valence-electron chi connectivity index (χ3n) is 3.88. The number of non-ortho nitro benzene ring substituents is 1. The van der Waals surface area contributed by atoms with Gasteiger partial charge in [0.2, 0.25) is 0 Å². The maximum atomic E-state index is 10.6. The number of H-pyrrole nitrogens is 1. The van der Waals surface area contributed by atoms with Gasteiger partial charge < -0.3 is 4.98 Å². The average molecular weight is 380 g/mol. The van der Waals surface area contributed by atoms with Gasteiger partial charge in [0.15, 0.2) is 0 Å². The molecule has 5 nitrogen and oxygen atoms in total. The van der Waals surface area contributed by atoms with E-state index in [0.717, 1.165) is 33.9 Å². The van der Waals surface area contributed by atoms with E-state index >= 15 is 0 Å². The smallest absolute Gasteiger partial charge is 0.269 e. The highest BCUT2D eigenvalue weighted by Gasteiger charge is 2.05. The van der Waals surface area contributed by atoms with Gasteiger partial charge in [-0.1, -0.05) is 64.1 Å². The minimum atomic E-state index is -0.399. The molecule has 5 heteroatoms. The van der Waals surface area contributed by atoms with Crippen molar-refractivity contribution in [3.05, 3.63) is 81.2 Å². The first-order chi connectivity index (χ1) is 13.5. The van der Waals surface area contributed by atoms with E-state index in [1.54, 1.807) is 12.1 Å². The quantitative estimate of drug-likeness (QED) is 0.307. The molecule has 1 aromatic heterocycles. The fourth-order valence-electron chi connectivity index (χ4n) is 2.34. The number of nitrogens with one attached hydrogen (secondary N) is 1. The Balaban J connectivity index is 0.000000921. The van der Waals surface area contributed by atoms with E-state index in [0.29, 0.717) is 0 Å². The second kappa shape index (κ2) is 11.5. The molecule has 28 heavy (non-hydrogen) atoms. The molecule has 3 aromatic rings. The summed E-state index contributed by atoms with van der Waals surface area (Å²) in [5.74, 6) is 0.871. The fraction of sp³-hybridized carbons (Fsp3) is 0.261. The third kappa shape index (κ3) is 6.20. The molecule has 0 atom stereocenters. The molecule has 0 unspecified atom stereocenters. The van der Waals surface area contributed by atoms with Gasteiger partial charge in [-0.05, 0) is 37.1 Å². The van der Waals surface area contributed by atoms with Gasteiger partial charge in [0.1, 0.15) is 5.82 Å². The second-order valence-electron chi connectivity index (χ2n) is 5.60. The van der Waals surface area contributed by atoms with Crippen LogP contribution < -0.4 is 0 Å². The zero-order chi connectivity index (χ0) is 21.1. The summed E-state index contributed by atoms with van der Waals surface area (Å²) in [4.78, 5) is 18.0. The molecule has 0 aliphatic carbocycles. The van der Waals surface area contributed by atoms with Gasteiger partial charge in [0, 0.05) is 23.4 Å². The summed E-state index contributed by atoms with van der Waals surface area (Å²) in [5, 5.41) is 10.6. The van der Waals surface area contributed by atoms with E-state index in [1.807, 2.05) is 78.0 Å². The Morgan fingerprint density at radius 2 is 1.32 bits per heavy atom. The summed E-state index contributed by atoms with van der Waals surface area (Å²) < 4.78 is 0. The minimum Gasteiger partial charge on any atom is -0.342 e. The molecule has 2 aromatic carbocycles. The first-order valence-electron chi connectivity index (χ1n) is 9.59. The normalized spacial score (nSPS) is 9.93. The molecule has 0 saturated heterocycles. The summed E-state index contributed by atoms with van der Waals surface area (Å²) in [6, 6.07) is 14.6. The monoisotopic (exact) mass is 379 g/mol. The molecule has 0 saturated carbocycles. The Hall–Kier alpha value is -3.21.